The summed E-state index contributed by atoms with van der Waals surface area (Å²) in [6.45, 7) is 2.85. The van der Waals surface area contributed by atoms with E-state index < -0.39 is 17.3 Å². The van der Waals surface area contributed by atoms with Crippen LogP contribution >= 0.6 is 0 Å². The summed E-state index contributed by atoms with van der Waals surface area (Å²) in [5.41, 5.74) is 0.0423. The summed E-state index contributed by atoms with van der Waals surface area (Å²) in [7, 11) is 0. The number of piperidine rings is 1. The highest BCUT2D eigenvalue weighted by molar-refractivity contribution is 5.86. The number of halogens is 1. The van der Waals surface area contributed by atoms with Crippen molar-refractivity contribution in [1.82, 2.24) is 4.90 Å². The molecule has 1 saturated carbocycles. The van der Waals surface area contributed by atoms with E-state index in [0.29, 0.717) is 24.9 Å². The maximum Gasteiger partial charge on any atom is 0.308 e. The molecular formula is C18H22FNO3. The van der Waals surface area contributed by atoms with Gasteiger partial charge in [0.25, 0.3) is 0 Å². The SMILES string of the molecule is CC1CC(C(=O)O)CN(C(=O)C2(Cc3ccccc3F)CC2)C1. The third-order valence-electron chi connectivity index (χ3n) is 5.09. The molecule has 1 amide bonds. The fourth-order valence-corrected chi connectivity index (χ4v) is 3.66. The highest BCUT2D eigenvalue weighted by atomic mass is 19.1. The lowest BCUT2D eigenvalue weighted by Crippen LogP contribution is -2.48. The standard InChI is InChI=1S/C18H22FNO3/c1-12-8-14(16(21)22)11-20(10-12)17(23)18(6-7-18)9-13-4-2-3-5-15(13)19/h2-5,12,14H,6-11H2,1H3,(H,21,22). The normalized spacial score (nSPS) is 25.9. The Morgan fingerprint density at radius 3 is 2.61 bits per heavy atom. The van der Waals surface area contributed by atoms with Crippen molar-refractivity contribution in [2.24, 2.45) is 17.3 Å². The van der Waals surface area contributed by atoms with Crippen LogP contribution in [0.5, 0.6) is 0 Å². The summed E-state index contributed by atoms with van der Waals surface area (Å²) in [6, 6.07) is 6.56. The van der Waals surface area contributed by atoms with Gasteiger partial charge in [-0.3, -0.25) is 9.59 Å². The molecule has 1 aromatic rings. The largest absolute Gasteiger partial charge is 0.481 e. The molecule has 4 nitrogen and oxygen atoms in total. The van der Waals surface area contributed by atoms with Crippen molar-refractivity contribution in [3.63, 3.8) is 0 Å². The molecule has 23 heavy (non-hydrogen) atoms. The number of carbonyl (C=O) groups is 2. The summed E-state index contributed by atoms with van der Waals surface area (Å²) in [4.78, 5) is 25.9. The molecule has 5 heteroatoms. The van der Waals surface area contributed by atoms with Crippen LogP contribution in [0.25, 0.3) is 0 Å². The van der Waals surface area contributed by atoms with Crippen molar-refractivity contribution in [3.8, 4) is 0 Å². The molecular weight excluding hydrogens is 297 g/mol. The first kappa shape index (κ1) is 16.0. The number of aliphatic carboxylic acids is 1. The Bertz CT molecular complexity index is 626. The molecule has 1 aromatic carbocycles. The fourth-order valence-electron chi connectivity index (χ4n) is 3.66. The Morgan fingerprint density at radius 2 is 2.00 bits per heavy atom. The third kappa shape index (κ3) is 3.23. The number of carbonyl (C=O) groups excluding carboxylic acids is 1. The van der Waals surface area contributed by atoms with E-state index in [2.05, 4.69) is 0 Å². The average Bonchev–Trinajstić information content (AvgIpc) is 3.29. The van der Waals surface area contributed by atoms with Crippen LogP contribution < -0.4 is 0 Å². The number of amides is 1. The molecule has 0 spiro atoms. The molecule has 2 fully saturated rings. The van der Waals surface area contributed by atoms with E-state index in [1.165, 1.54) is 6.07 Å². The number of nitrogens with zero attached hydrogens (tertiary/aromatic N) is 1. The molecule has 0 radical (unpaired) electrons. The molecule has 2 aliphatic rings. The Morgan fingerprint density at radius 1 is 1.30 bits per heavy atom. The van der Waals surface area contributed by atoms with Gasteiger partial charge in [0, 0.05) is 13.1 Å². The predicted octanol–water partition coefficient (Wildman–Crippen LogP) is 2.72. The zero-order chi connectivity index (χ0) is 16.6. The first-order valence-corrected chi connectivity index (χ1v) is 8.17. The molecule has 124 valence electrons. The number of carboxylic acid groups (broad SMARTS) is 1. The summed E-state index contributed by atoms with van der Waals surface area (Å²) in [5, 5.41) is 9.26. The van der Waals surface area contributed by atoms with Crippen LogP contribution in [0.15, 0.2) is 24.3 Å². The molecule has 3 rings (SSSR count). The second-order valence-corrected chi connectivity index (χ2v) is 7.13. The van der Waals surface area contributed by atoms with Gasteiger partial charge in [0.05, 0.1) is 11.3 Å². The fraction of sp³-hybridized carbons (Fsp3) is 0.556. The van der Waals surface area contributed by atoms with Crippen molar-refractivity contribution in [2.75, 3.05) is 13.1 Å². The van der Waals surface area contributed by atoms with Crippen LogP contribution in [0.4, 0.5) is 4.39 Å². The minimum atomic E-state index is -0.840. The average molecular weight is 319 g/mol. The number of benzene rings is 1. The van der Waals surface area contributed by atoms with Crippen LogP contribution in [-0.2, 0) is 16.0 Å². The minimum absolute atomic E-state index is 0.00134. The second-order valence-electron chi connectivity index (χ2n) is 7.13. The van der Waals surface area contributed by atoms with Crippen molar-refractivity contribution in [2.45, 2.75) is 32.6 Å². The molecule has 2 unspecified atom stereocenters. The number of carboxylic acids is 1. The summed E-state index contributed by atoms with van der Waals surface area (Å²) < 4.78 is 13.9. The lowest BCUT2D eigenvalue weighted by atomic mass is 9.88. The molecule has 1 heterocycles. The van der Waals surface area contributed by atoms with Crippen LogP contribution in [-0.4, -0.2) is 35.0 Å². The smallest absolute Gasteiger partial charge is 0.308 e. The molecule has 1 aliphatic carbocycles. The van der Waals surface area contributed by atoms with E-state index in [9.17, 15) is 19.1 Å². The summed E-state index contributed by atoms with van der Waals surface area (Å²) >= 11 is 0. The van der Waals surface area contributed by atoms with E-state index in [4.69, 9.17) is 0 Å². The number of rotatable bonds is 4. The van der Waals surface area contributed by atoms with E-state index in [1.807, 2.05) is 6.92 Å². The van der Waals surface area contributed by atoms with Gasteiger partial charge in [-0.2, -0.15) is 0 Å². The summed E-state index contributed by atoms with van der Waals surface area (Å²) in [5.74, 6) is -1.43. The van der Waals surface area contributed by atoms with Crippen molar-refractivity contribution in [3.05, 3.63) is 35.6 Å². The number of hydrogen-bond acceptors (Lipinski definition) is 2. The molecule has 1 aliphatic heterocycles. The van der Waals surface area contributed by atoms with Gasteiger partial charge in [-0.15, -0.1) is 0 Å². The predicted molar refractivity (Wildman–Crippen MR) is 83.3 cm³/mol. The van der Waals surface area contributed by atoms with Gasteiger partial charge in [-0.1, -0.05) is 25.1 Å². The van der Waals surface area contributed by atoms with Crippen LogP contribution in [0.2, 0.25) is 0 Å². The Labute approximate surface area is 135 Å². The van der Waals surface area contributed by atoms with Crippen LogP contribution in [0.1, 0.15) is 31.7 Å². The molecule has 1 saturated heterocycles. The Balaban J connectivity index is 1.74. The van der Waals surface area contributed by atoms with Gasteiger partial charge >= 0.3 is 5.97 Å². The maximum absolute atomic E-state index is 13.9. The minimum Gasteiger partial charge on any atom is -0.481 e. The zero-order valence-electron chi connectivity index (χ0n) is 13.3. The lowest BCUT2D eigenvalue weighted by Gasteiger charge is -2.37. The van der Waals surface area contributed by atoms with Crippen LogP contribution in [0, 0.1) is 23.1 Å². The second kappa shape index (κ2) is 5.95. The van der Waals surface area contributed by atoms with Gasteiger partial charge in [0.1, 0.15) is 5.82 Å². The van der Waals surface area contributed by atoms with Gasteiger partial charge in [-0.25, -0.2) is 4.39 Å². The van der Waals surface area contributed by atoms with Gasteiger partial charge in [0.2, 0.25) is 5.91 Å². The van der Waals surface area contributed by atoms with Crippen LogP contribution in [0.3, 0.4) is 0 Å². The monoisotopic (exact) mass is 319 g/mol. The van der Waals surface area contributed by atoms with E-state index in [0.717, 1.165) is 12.8 Å². The third-order valence-corrected chi connectivity index (χ3v) is 5.09. The molecule has 2 atom stereocenters. The molecule has 0 bridgehead atoms. The van der Waals surface area contributed by atoms with E-state index >= 15 is 0 Å². The number of hydrogen-bond donors (Lipinski definition) is 1. The first-order valence-electron chi connectivity index (χ1n) is 8.17. The van der Waals surface area contributed by atoms with Gasteiger partial charge < -0.3 is 10.0 Å². The van der Waals surface area contributed by atoms with Crippen molar-refractivity contribution in [1.29, 1.82) is 0 Å². The van der Waals surface area contributed by atoms with E-state index in [1.54, 1.807) is 23.1 Å². The van der Waals surface area contributed by atoms with Gasteiger partial charge in [0.15, 0.2) is 0 Å². The number of likely N-dealkylation sites (tertiary alicyclic amines) is 1. The lowest BCUT2D eigenvalue weighted by molar-refractivity contribution is -0.148. The first-order chi connectivity index (χ1) is 10.9. The Hall–Kier alpha value is -1.91. The Kier molecular flexibility index (Phi) is 4.13. The van der Waals surface area contributed by atoms with E-state index in [-0.39, 0.29) is 24.2 Å². The topological polar surface area (TPSA) is 57.6 Å². The highest BCUT2D eigenvalue weighted by Crippen LogP contribution is 2.50. The highest BCUT2D eigenvalue weighted by Gasteiger charge is 2.52. The van der Waals surface area contributed by atoms with Crippen molar-refractivity contribution >= 4 is 11.9 Å². The summed E-state index contributed by atoms with van der Waals surface area (Å²) in [6.07, 6.45) is 2.52. The zero-order valence-corrected chi connectivity index (χ0v) is 13.3. The molecule has 1 N–H and O–H groups in total. The van der Waals surface area contributed by atoms with Crippen molar-refractivity contribution < 1.29 is 19.1 Å². The quantitative estimate of drug-likeness (QED) is 0.928. The van der Waals surface area contributed by atoms with Gasteiger partial charge in [-0.05, 0) is 43.2 Å². The maximum atomic E-state index is 13.9. The molecule has 0 aromatic heterocycles.